The lowest BCUT2D eigenvalue weighted by Crippen LogP contribution is -2.41. The molecule has 2 aromatic rings. The highest BCUT2D eigenvalue weighted by Crippen LogP contribution is 2.23. The Labute approximate surface area is 146 Å². The van der Waals surface area contributed by atoms with Gasteiger partial charge in [0, 0.05) is 24.3 Å². The number of hydrogen-bond donors (Lipinski definition) is 2. The summed E-state index contributed by atoms with van der Waals surface area (Å²) in [5, 5.41) is 16.5. The number of aliphatic hydroxyl groups is 1. The van der Waals surface area contributed by atoms with Gasteiger partial charge in [0.15, 0.2) is 0 Å². The highest BCUT2D eigenvalue weighted by Gasteiger charge is 2.22. The topological polar surface area (TPSA) is 84.2 Å². The molecule has 1 amide bonds. The van der Waals surface area contributed by atoms with Crippen molar-refractivity contribution >= 4 is 5.91 Å². The van der Waals surface area contributed by atoms with Crippen LogP contribution in [0.4, 0.5) is 0 Å². The lowest BCUT2D eigenvalue weighted by atomic mass is 9.86. The first-order valence-corrected chi connectivity index (χ1v) is 8.69. The Balaban J connectivity index is 1.64. The summed E-state index contributed by atoms with van der Waals surface area (Å²) in [7, 11) is 0. The predicted molar refractivity (Wildman–Crippen MR) is 94.9 cm³/mol. The van der Waals surface area contributed by atoms with E-state index in [1.54, 1.807) is 6.07 Å². The number of carbonyl (C=O) groups is 1. The Morgan fingerprint density at radius 1 is 1.12 bits per heavy atom. The molecule has 0 atom stereocenters. The molecule has 1 aliphatic rings. The molecular weight excluding hydrogens is 318 g/mol. The van der Waals surface area contributed by atoms with Gasteiger partial charge < -0.3 is 10.4 Å². The van der Waals surface area contributed by atoms with E-state index in [1.807, 2.05) is 30.3 Å². The first-order chi connectivity index (χ1) is 12.2. The van der Waals surface area contributed by atoms with Crippen molar-refractivity contribution in [2.75, 3.05) is 6.61 Å². The number of nitrogens with one attached hydrogen (secondary N) is 1. The van der Waals surface area contributed by atoms with E-state index >= 15 is 0 Å². The van der Waals surface area contributed by atoms with Crippen LogP contribution in [-0.4, -0.2) is 33.4 Å². The third-order valence-electron chi connectivity index (χ3n) is 4.70. The van der Waals surface area contributed by atoms with Gasteiger partial charge in [0.1, 0.15) is 6.54 Å². The van der Waals surface area contributed by atoms with Crippen LogP contribution in [0.3, 0.4) is 0 Å². The number of benzene rings is 1. The third kappa shape index (κ3) is 4.54. The first-order valence-electron chi connectivity index (χ1n) is 8.69. The van der Waals surface area contributed by atoms with Gasteiger partial charge in [-0.25, -0.2) is 4.68 Å². The van der Waals surface area contributed by atoms with Crippen molar-refractivity contribution in [3.8, 4) is 11.3 Å². The van der Waals surface area contributed by atoms with Crippen LogP contribution < -0.4 is 10.9 Å². The van der Waals surface area contributed by atoms with Crippen molar-refractivity contribution in [3.63, 3.8) is 0 Å². The van der Waals surface area contributed by atoms with Gasteiger partial charge in [0.2, 0.25) is 5.91 Å². The number of rotatable bonds is 5. The second-order valence-corrected chi connectivity index (χ2v) is 6.55. The molecule has 0 spiro atoms. The normalized spacial score (nSPS) is 20.2. The standard InChI is InChI=1S/C19H23N3O3/c23-13-14-6-8-16(9-7-14)20-18(24)12-22-19(25)11-10-17(21-22)15-4-2-1-3-5-15/h1-5,10-11,14,16,23H,6-9,12-13H2,(H,20,24). The average Bonchev–Trinajstić information content (AvgIpc) is 2.65. The van der Waals surface area contributed by atoms with E-state index in [9.17, 15) is 14.7 Å². The van der Waals surface area contributed by atoms with Crippen LogP contribution in [0, 0.1) is 5.92 Å². The Bertz CT molecular complexity index is 765. The number of aromatic nitrogens is 2. The maximum Gasteiger partial charge on any atom is 0.267 e. The first kappa shape index (κ1) is 17.4. The number of carbonyl (C=O) groups excluding carboxylic acids is 1. The van der Waals surface area contributed by atoms with E-state index in [-0.39, 0.29) is 30.7 Å². The Kier molecular flexibility index (Phi) is 5.60. The van der Waals surface area contributed by atoms with Crippen LogP contribution >= 0.6 is 0 Å². The summed E-state index contributed by atoms with van der Waals surface area (Å²) in [6, 6.07) is 12.8. The largest absolute Gasteiger partial charge is 0.396 e. The molecule has 6 heteroatoms. The summed E-state index contributed by atoms with van der Waals surface area (Å²) in [5.41, 5.74) is 1.27. The zero-order chi connectivity index (χ0) is 17.6. The van der Waals surface area contributed by atoms with Gasteiger partial charge in [-0.1, -0.05) is 30.3 Å². The monoisotopic (exact) mass is 341 g/mol. The number of amides is 1. The van der Waals surface area contributed by atoms with Gasteiger partial charge in [-0.2, -0.15) is 5.10 Å². The molecule has 0 radical (unpaired) electrons. The zero-order valence-corrected chi connectivity index (χ0v) is 14.1. The molecule has 132 valence electrons. The molecule has 1 aromatic heterocycles. The van der Waals surface area contributed by atoms with E-state index < -0.39 is 0 Å². The van der Waals surface area contributed by atoms with E-state index in [0.717, 1.165) is 31.2 Å². The summed E-state index contributed by atoms with van der Waals surface area (Å²) < 4.78 is 1.21. The van der Waals surface area contributed by atoms with Crippen molar-refractivity contribution in [1.82, 2.24) is 15.1 Å². The van der Waals surface area contributed by atoms with E-state index in [1.165, 1.54) is 10.7 Å². The number of nitrogens with zero attached hydrogens (tertiary/aromatic N) is 2. The Hall–Kier alpha value is -2.47. The van der Waals surface area contributed by atoms with Crippen molar-refractivity contribution in [3.05, 3.63) is 52.8 Å². The van der Waals surface area contributed by atoms with Gasteiger partial charge >= 0.3 is 0 Å². The Morgan fingerprint density at radius 3 is 2.52 bits per heavy atom. The van der Waals surface area contributed by atoms with Crippen molar-refractivity contribution in [2.24, 2.45) is 5.92 Å². The van der Waals surface area contributed by atoms with E-state index in [0.29, 0.717) is 11.6 Å². The maximum atomic E-state index is 12.3. The maximum absolute atomic E-state index is 12.3. The fraction of sp³-hybridized carbons (Fsp3) is 0.421. The van der Waals surface area contributed by atoms with Crippen LogP contribution in [0.15, 0.2) is 47.3 Å². The molecule has 1 saturated carbocycles. The highest BCUT2D eigenvalue weighted by atomic mass is 16.3. The fourth-order valence-electron chi connectivity index (χ4n) is 3.22. The summed E-state index contributed by atoms with van der Waals surface area (Å²) in [6.07, 6.45) is 3.57. The van der Waals surface area contributed by atoms with Gasteiger partial charge in [0.25, 0.3) is 5.56 Å². The second-order valence-electron chi connectivity index (χ2n) is 6.55. The minimum atomic E-state index is -0.293. The van der Waals surface area contributed by atoms with Crippen LogP contribution in [0.5, 0.6) is 0 Å². The molecule has 1 aromatic carbocycles. The molecule has 0 saturated heterocycles. The molecule has 1 aliphatic carbocycles. The molecule has 25 heavy (non-hydrogen) atoms. The molecule has 2 N–H and O–H groups in total. The van der Waals surface area contributed by atoms with Crippen LogP contribution in [0.2, 0.25) is 0 Å². The summed E-state index contributed by atoms with van der Waals surface area (Å²) in [5.74, 6) is 0.146. The SMILES string of the molecule is O=C(Cn1nc(-c2ccccc2)ccc1=O)NC1CCC(CO)CC1. The Morgan fingerprint density at radius 2 is 1.84 bits per heavy atom. The molecule has 0 aliphatic heterocycles. The number of aliphatic hydroxyl groups excluding tert-OH is 1. The van der Waals surface area contributed by atoms with Crippen molar-refractivity contribution < 1.29 is 9.90 Å². The minimum Gasteiger partial charge on any atom is -0.396 e. The molecule has 0 unspecified atom stereocenters. The van der Waals surface area contributed by atoms with Crippen LogP contribution in [-0.2, 0) is 11.3 Å². The zero-order valence-electron chi connectivity index (χ0n) is 14.1. The molecule has 0 bridgehead atoms. The summed E-state index contributed by atoms with van der Waals surface area (Å²) in [4.78, 5) is 24.3. The molecular formula is C19H23N3O3. The average molecular weight is 341 g/mol. The fourth-order valence-corrected chi connectivity index (χ4v) is 3.22. The summed E-state index contributed by atoms with van der Waals surface area (Å²) in [6.45, 7) is 0.131. The molecule has 6 nitrogen and oxygen atoms in total. The van der Waals surface area contributed by atoms with Gasteiger partial charge in [-0.3, -0.25) is 9.59 Å². The quantitative estimate of drug-likeness (QED) is 0.865. The lowest BCUT2D eigenvalue weighted by molar-refractivity contribution is -0.122. The third-order valence-corrected chi connectivity index (χ3v) is 4.70. The smallest absolute Gasteiger partial charge is 0.267 e. The second kappa shape index (κ2) is 8.07. The van der Waals surface area contributed by atoms with Crippen molar-refractivity contribution in [2.45, 2.75) is 38.3 Å². The predicted octanol–water partition coefficient (Wildman–Crippen LogP) is 1.58. The molecule has 1 heterocycles. The van der Waals surface area contributed by atoms with Gasteiger partial charge in [-0.15, -0.1) is 0 Å². The van der Waals surface area contributed by atoms with Gasteiger partial charge in [0.05, 0.1) is 5.69 Å². The molecule has 1 fully saturated rings. The molecule has 3 rings (SSSR count). The minimum absolute atomic E-state index is 0.0839. The van der Waals surface area contributed by atoms with Crippen LogP contribution in [0.1, 0.15) is 25.7 Å². The van der Waals surface area contributed by atoms with E-state index in [4.69, 9.17) is 0 Å². The van der Waals surface area contributed by atoms with Crippen LogP contribution in [0.25, 0.3) is 11.3 Å². The van der Waals surface area contributed by atoms with E-state index in [2.05, 4.69) is 10.4 Å². The van der Waals surface area contributed by atoms with Gasteiger partial charge in [-0.05, 0) is 37.7 Å². The lowest BCUT2D eigenvalue weighted by Gasteiger charge is -2.27. The highest BCUT2D eigenvalue weighted by molar-refractivity contribution is 5.76. The van der Waals surface area contributed by atoms with Crippen molar-refractivity contribution in [1.29, 1.82) is 0 Å². The summed E-state index contributed by atoms with van der Waals surface area (Å²) >= 11 is 0. The number of hydrogen-bond acceptors (Lipinski definition) is 4.